The first kappa shape index (κ1) is 19.7. The molecule has 1 fully saturated rings. The molecule has 2 unspecified atom stereocenters. The van der Waals surface area contributed by atoms with Gasteiger partial charge in [0.2, 0.25) is 11.8 Å². The SMILES string of the molecule is COc1ccc(NC(=O)C2CC2c2ccc(C(F)(F)F)cc2)cc1NC(C)=O. The van der Waals surface area contributed by atoms with Crippen molar-refractivity contribution >= 4 is 23.2 Å². The lowest BCUT2D eigenvalue weighted by Crippen LogP contribution is -2.15. The predicted octanol–water partition coefficient (Wildman–Crippen LogP) is 4.41. The predicted molar refractivity (Wildman–Crippen MR) is 98.2 cm³/mol. The Morgan fingerprint density at radius 3 is 2.32 bits per heavy atom. The Kier molecular flexibility index (Phi) is 5.31. The van der Waals surface area contributed by atoms with E-state index in [-0.39, 0.29) is 23.7 Å². The first-order chi connectivity index (χ1) is 13.2. The maximum Gasteiger partial charge on any atom is 0.416 e. The van der Waals surface area contributed by atoms with Crippen LogP contribution >= 0.6 is 0 Å². The zero-order valence-electron chi connectivity index (χ0n) is 15.3. The van der Waals surface area contributed by atoms with Gasteiger partial charge in [-0.2, -0.15) is 13.2 Å². The zero-order valence-corrected chi connectivity index (χ0v) is 15.3. The van der Waals surface area contributed by atoms with Crippen LogP contribution in [0.5, 0.6) is 5.75 Å². The van der Waals surface area contributed by atoms with Gasteiger partial charge in [0.1, 0.15) is 5.75 Å². The highest BCUT2D eigenvalue weighted by molar-refractivity contribution is 5.97. The summed E-state index contributed by atoms with van der Waals surface area (Å²) >= 11 is 0. The monoisotopic (exact) mass is 392 g/mol. The van der Waals surface area contributed by atoms with Crippen LogP contribution in [0.2, 0.25) is 0 Å². The van der Waals surface area contributed by atoms with E-state index in [1.807, 2.05) is 0 Å². The third-order valence-electron chi connectivity index (χ3n) is 4.57. The maximum absolute atomic E-state index is 12.7. The quantitative estimate of drug-likeness (QED) is 0.792. The minimum atomic E-state index is -4.38. The smallest absolute Gasteiger partial charge is 0.416 e. The standard InChI is InChI=1S/C20H19F3N2O3/c1-11(26)24-17-9-14(7-8-18(17)28-2)25-19(27)16-10-15(16)12-3-5-13(6-4-12)20(21,22)23/h3-9,15-16H,10H2,1-2H3,(H,24,26)(H,25,27). The Labute approximate surface area is 159 Å². The first-order valence-corrected chi connectivity index (χ1v) is 8.62. The average Bonchev–Trinajstić information content (AvgIpc) is 3.42. The van der Waals surface area contributed by atoms with Crippen molar-refractivity contribution in [3.05, 3.63) is 53.6 Å². The van der Waals surface area contributed by atoms with Crippen molar-refractivity contribution in [3.8, 4) is 5.75 Å². The normalized spacial score (nSPS) is 18.3. The molecule has 2 N–H and O–H groups in total. The minimum Gasteiger partial charge on any atom is -0.495 e. The molecule has 0 saturated heterocycles. The number of methoxy groups -OCH3 is 1. The molecule has 2 aromatic carbocycles. The van der Waals surface area contributed by atoms with Crippen LogP contribution in [0.15, 0.2) is 42.5 Å². The Morgan fingerprint density at radius 1 is 1.07 bits per heavy atom. The Hall–Kier alpha value is -3.03. The van der Waals surface area contributed by atoms with Gasteiger partial charge < -0.3 is 15.4 Å². The number of carbonyl (C=O) groups excluding carboxylic acids is 2. The molecular formula is C20H19F3N2O3. The molecule has 0 heterocycles. The average molecular weight is 392 g/mol. The molecule has 0 radical (unpaired) electrons. The van der Waals surface area contributed by atoms with E-state index in [0.29, 0.717) is 29.1 Å². The molecule has 3 rings (SSSR count). The molecule has 1 aliphatic rings. The summed E-state index contributed by atoms with van der Waals surface area (Å²) in [5.41, 5.74) is 0.930. The summed E-state index contributed by atoms with van der Waals surface area (Å²) in [5.74, 6) is -0.434. The van der Waals surface area contributed by atoms with Crippen LogP contribution in [0, 0.1) is 5.92 Å². The van der Waals surface area contributed by atoms with E-state index in [9.17, 15) is 22.8 Å². The number of carbonyl (C=O) groups is 2. The van der Waals surface area contributed by atoms with Crippen molar-refractivity contribution in [1.29, 1.82) is 0 Å². The van der Waals surface area contributed by atoms with Gasteiger partial charge >= 0.3 is 6.18 Å². The summed E-state index contributed by atoms with van der Waals surface area (Å²) in [5, 5.41) is 5.41. The second-order valence-electron chi connectivity index (χ2n) is 6.65. The van der Waals surface area contributed by atoms with Gasteiger partial charge in [0.15, 0.2) is 0 Å². The molecule has 28 heavy (non-hydrogen) atoms. The van der Waals surface area contributed by atoms with E-state index in [1.54, 1.807) is 18.2 Å². The number of hydrogen-bond acceptors (Lipinski definition) is 3. The van der Waals surface area contributed by atoms with E-state index in [1.165, 1.54) is 26.2 Å². The number of amides is 2. The number of alkyl halides is 3. The molecule has 2 atom stereocenters. The number of ether oxygens (including phenoxy) is 1. The van der Waals surface area contributed by atoms with Gasteiger partial charge in [-0.25, -0.2) is 0 Å². The molecule has 1 aliphatic carbocycles. The molecule has 0 bridgehead atoms. The van der Waals surface area contributed by atoms with Crippen LogP contribution in [0.1, 0.15) is 30.4 Å². The van der Waals surface area contributed by atoms with Gasteiger partial charge in [0.25, 0.3) is 0 Å². The largest absolute Gasteiger partial charge is 0.495 e. The number of nitrogens with one attached hydrogen (secondary N) is 2. The van der Waals surface area contributed by atoms with Crippen LogP contribution in [0.25, 0.3) is 0 Å². The maximum atomic E-state index is 12.7. The summed E-state index contributed by atoms with van der Waals surface area (Å²) in [6.45, 7) is 1.36. The highest BCUT2D eigenvalue weighted by Gasteiger charge is 2.44. The van der Waals surface area contributed by atoms with E-state index in [4.69, 9.17) is 4.74 Å². The molecule has 1 saturated carbocycles. The topological polar surface area (TPSA) is 67.4 Å². The summed E-state index contributed by atoms with van der Waals surface area (Å²) in [7, 11) is 1.47. The molecular weight excluding hydrogens is 373 g/mol. The Balaban J connectivity index is 1.66. The number of rotatable bonds is 5. The molecule has 2 aromatic rings. The molecule has 0 aliphatic heterocycles. The van der Waals surface area contributed by atoms with Crippen molar-refractivity contribution in [2.75, 3.05) is 17.7 Å². The zero-order chi connectivity index (χ0) is 20.5. The van der Waals surface area contributed by atoms with Crippen LogP contribution in [0.3, 0.4) is 0 Å². The Morgan fingerprint density at radius 2 is 1.75 bits per heavy atom. The van der Waals surface area contributed by atoms with Crippen molar-refractivity contribution in [2.45, 2.75) is 25.4 Å². The van der Waals surface area contributed by atoms with Crippen LogP contribution < -0.4 is 15.4 Å². The summed E-state index contributed by atoms with van der Waals surface area (Å²) in [6.07, 6.45) is -3.80. The lowest BCUT2D eigenvalue weighted by molar-refractivity contribution is -0.137. The summed E-state index contributed by atoms with van der Waals surface area (Å²) in [6, 6.07) is 9.77. The lowest BCUT2D eigenvalue weighted by Gasteiger charge is -2.12. The molecule has 2 amide bonds. The molecule has 5 nitrogen and oxygen atoms in total. The van der Waals surface area contributed by atoms with E-state index >= 15 is 0 Å². The number of halogens is 3. The molecule has 0 aromatic heterocycles. The van der Waals surface area contributed by atoms with Gasteiger partial charge in [-0.1, -0.05) is 12.1 Å². The minimum absolute atomic E-state index is 0.102. The van der Waals surface area contributed by atoms with E-state index < -0.39 is 11.7 Å². The number of hydrogen-bond donors (Lipinski definition) is 2. The number of benzene rings is 2. The molecule has 148 valence electrons. The van der Waals surface area contributed by atoms with E-state index in [2.05, 4.69) is 10.6 Å². The highest BCUT2D eigenvalue weighted by Crippen LogP contribution is 2.48. The van der Waals surface area contributed by atoms with Gasteiger partial charge in [0, 0.05) is 18.5 Å². The van der Waals surface area contributed by atoms with Gasteiger partial charge in [-0.15, -0.1) is 0 Å². The van der Waals surface area contributed by atoms with Crippen LogP contribution in [0.4, 0.5) is 24.5 Å². The second kappa shape index (κ2) is 7.53. The van der Waals surface area contributed by atoms with Crippen molar-refractivity contribution in [3.63, 3.8) is 0 Å². The first-order valence-electron chi connectivity index (χ1n) is 8.62. The summed E-state index contributed by atoms with van der Waals surface area (Å²) in [4.78, 5) is 23.8. The fourth-order valence-electron chi connectivity index (χ4n) is 3.08. The van der Waals surface area contributed by atoms with Gasteiger partial charge in [0.05, 0.1) is 18.4 Å². The molecule has 0 spiro atoms. The van der Waals surface area contributed by atoms with Crippen LogP contribution in [-0.2, 0) is 15.8 Å². The van der Waals surface area contributed by atoms with Crippen molar-refractivity contribution in [1.82, 2.24) is 0 Å². The van der Waals surface area contributed by atoms with Crippen molar-refractivity contribution in [2.24, 2.45) is 5.92 Å². The number of anilines is 2. The van der Waals surface area contributed by atoms with Gasteiger partial charge in [-0.05, 0) is 48.2 Å². The summed E-state index contributed by atoms with van der Waals surface area (Å²) < 4.78 is 43.1. The van der Waals surface area contributed by atoms with Gasteiger partial charge in [-0.3, -0.25) is 9.59 Å². The van der Waals surface area contributed by atoms with Crippen molar-refractivity contribution < 1.29 is 27.5 Å². The van der Waals surface area contributed by atoms with E-state index in [0.717, 1.165) is 12.1 Å². The highest BCUT2D eigenvalue weighted by atomic mass is 19.4. The third kappa shape index (κ3) is 4.44. The Bertz CT molecular complexity index is 895. The fraction of sp³-hybridized carbons (Fsp3) is 0.300. The lowest BCUT2D eigenvalue weighted by atomic mass is 10.1. The third-order valence-corrected chi connectivity index (χ3v) is 4.57. The fourth-order valence-corrected chi connectivity index (χ4v) is 3.08. The second-order valence-corrected chi connectivity index (χ2v) is 6.65. The molecule has 8 heteroatoms. The van der Waals surface area contributed by atoms with Crippen LogP contribution in [-0.4, -0.2) is 18.9 Å².